The van der Waals surface area contributed by atoms with E-state index in [-0.39, 0.29) is 23.4 Å². The maximum atomic E-state index is 13.2. The SMILES string of the molecule is O=C1C(=O)N(Cc2cccnc2)C(c2cccc([N+](=O)[O-])c2)C1=C(O)c1ccc2c(c1)OCCO2. The summed E-state index contributed by atoms with van der Waals surface area (Å²) in [6, 6.07) is 12.8. The second-order valence-electron chi connectivity index (χ2n) is 8.00. The van der Waals surface area contributed by atoms with Crippen molar-refractivity contribution in [1.82, 2.24) is 9.88 Å². The van der Waals surface area contributed by atoms with Crippen LogP contribution in [-0.4, -0.2) is 44.8 Å². The van der Waals surface area contributed by atoms with Gasteiger partial charge < -0.3 is 19.5 Å². The Morgan fingerprint density at radius 1 is 1.09 bits per heavy atom. The van der Waals surface area contributed by atoms with Gasteiger partial charge in [-0.2, -0.15) is 0 Å². The number of amides is 1. The van der Waals surface area contributed by atoms with E-state index in [2.05, 4.69) is 4.98 Å². The molecule has 2 aliphatic heterocycles. The number of nitro groups is 1. The van der Waals surface area contributed by atoms with Gasteiger partial charge in [0.15, 0.2) is 11.5 Å². The summed E-state index contributed by atoms with van der Waals surface area (Å²) in [5, 5.41) is 22.6. The normalized spacial score (nSPS) is 18.5. The van der Waals surface area contributed by atoms with Crippen molar-refractivity contribution in [2.45, 2.75) is 12.6 Å². The number of aliphatic hydroxyl groups excluding tert-OH is 1. The van der Waals surface area contributed by atoms with Crippen molar-refractivity contribution < 1.29 is 29.1 Å². The highest BCUT2D eigenvalue weighted by Gasteiger charge is 2.46. The fourth-order valence-electron chi connectivity index (χ4n) is 4.23. The minimum atomic E-state index is -1.05. The van der Waals surface area contributed by atoms with Gasteiger partial charge in [0.25, 0.3) is 17.4 Å². The van der Waals surface area contributed by atoms with Gasteiger partial charge in [-0.25, -0.2) is 0 Å². The van der Waals surface area contributed by atoms with Gasteiger partial charge in [-0.05, 0) is 35.4 Å². The number of nitrogens with zero attached hydrogens (tertiary/aromatic N) is 3. The molecular weight excluding hydrogens is 454 g/mol. The fraction of sp³-hybridized carbons (Fsp3) is 0.160. The molecule has 2 aromatic carbocycles. The number of hydrogen-bond donors (Lipinski definition) is 1. The van der Waals surface area contributed by atoms with Crippen molar-refractivity contribution in [1.29, 1.82) is 0 Å². The molecule has 10 heteroatoms. The summed E-state index contributed by atoms with van der Waals surface area (Å²) in [5.74, 6) is -1.23. The van der Waals surface area contributed by atoms with Gasteiger partial charge >= 0.3 is 0 Å². The lowest BCUT2D eigenvalue weighted by atomic mass is 9.94. The number of fused-ring (bicyclic) bond motifs is 1. The highest BCUT2D eigenvalue weighted by atomic mass is 16.6. The first-order valence-electron chi connectivity index (χ1n) is 10.8. The number of hydrogen-bond acceptors (Lipinski definition) is 8. The van der Waals surface area contributed by atoms with Crippen molar-refractivity contribution in [3.8, 4) is 11.5 Å². The Balaban J connectivity index is 1.65. The zero-order valence-corrected chi connectivity index (χ0v) is 18.3. The number of Topliss-reactive ketones (excluding diaryl/α,β-unsaturated/α-hetero) is 1. The van der Waals surface area contributed by atoms with Gasteiger partial charge in [0.05, 0.1) is 16.5 Å². The van der Waals surface area contributed by atoms with E-state index < -0.39 is 28.4 Å². The highest BCUT2D eigenvalue weighted by Crippen LogP contribution is 2.42. The molecule has 1 unspecified atom stereocenters. The summed E-state index contributed by atoms with van der Waals surface area (Å²) in [7, 11) is 0. The Hall–Kier alpha value is -4.73. The summed E-state index contributed by atoms with van der Waals surface area (Å²) in [5.41, 5.74) is 0.861. The number of non-ortho nitro benzene ring substituents is 1. The number of likely N-dealkylation sites (tertiary alicyclic amines) is 1. The van der Waals surface area contributed by atoms with Crippen molar-refractivity contribution >= 4 is 23.1 Å². The van der Waals surface area contributed by atoms with E-state index in [0.29, 0.717) is 35.8 Å². The van der Waals surface area contributed by atoms with Gasteiger partial charge in [-0.15, -0.1) is 0 Å². The van der Waals surface area contributed by atoms with Crippen LogP contribution in [0, 0.1) is 10.1 Å². The molecule has 1 fully saturated rings. The van der Waals surface area contributed by atoms with Crippen LogP contribution in [0.5, 0.6) is 11.5 Å². The number of carbonyl (C=O) groups is 2. The Labute approximate surface area is 199 Å². The molecule has 1 atom stereocenters. The minimum Gasteiger partial charge on any atom is -0.507 e. The Morgan fingerprint density at radius 2 is 1.89 bits per heavy atom. The van der Waals surface area contributed by atoms with Crippen LogP contribution in [0.2, 0.25) is 0 Å². The van der Waals surface area contributed by atoms with Crippen LogP contribution in [0.1, 0.15) is 22.7 Å². The molecule has 0 bridgehead atoms. The first kappa shape index (κ1) is 22.1. The Kier molecular flexibility index (Phi) is 5.61. The zero-order valence-electron chi connectivity index (χ0n) is 18.3. The largest absolute Gasteiger partial charge is 0.507 e. The average molecular weight is 473 g/mol. The number of ether oxygens (including phenoxy) is 2. The predicted octanol–water partition coefficient (Wildman–Crippen LogP) is 3.38. The third kappa shape index (κ3) is 4.05. The molecule has 2 aliphatic rings. The molecular formula is C25H19N3O7. The molecule has 1 saturated heterocycles. The molecule has 176 valence electrons. The van der Waals surface area contributed by atoms with Crippen LogP contribution < -0.4 is 9.47 Å². The number of nitro benzene ring substituents is 1. The number of ketones is 1. The van der Waals surface area contributed by atoms with E-state index in [9.17, 15) is 24.8 Å². The second-order valence-corrected chi connectivity index (χ2v) is 8.00. The molecule has 1 aromatic heterocycles. The molecule has 3 aromatic rings. The molecule has 35 heavy (non-hydrogen) atoms. The van der Waals surface area contributed by atoms with Crippen LogP contribution in [0.25, 0.3) is 5.76 Å². The first-order chi connectivity index (χ1) is 16.9. The molecule has 0 saturated carbocycles. The van der Waals surface area contributed by atoms with E-state index in [1.807, 2.05) is 0 Å². The lowest BCUT2D eigenvalue weighted by Gasteiger charge is -2.25. The highest BCUT2D eigenvalue weighted by molar-refractivity contribution is 6.46. The third-order valence-electron chi connectivity index (χ3n) is 5.83. The van der Waals surface area contributed by atoms with Crippen molar-refractivity contribution in [2.24, 2.45) is 0 Å². The zero-order chi connectivity index (χ0) is 24.5. The Bertz CT molecular complexity index is 1370. The summed E-state index contributed by atoms with van der Waals surface area (Å²) >= 11 is 0. The van der Waals surface area contributed by atoms with E-state index in [1.54, 1.807) is 42.7 Å². The Morgan fingerprint density at radius 3 is 2.63 bits per heavy atom. The van der Waals surface area contributed by atoms with Crippen LogP contribution in [0.3, 0.4) is 0 Å². The standard InChI is InChI=1S/C25H19N3O7/c29-23(17-6-7-19-20(12-17)35-10-9-34-19)21-22(16-4-1-5-18(11-16)28(32)33)27(25(31)24(21)30)14-15-3-2-8-26-13-15/h1-8,11-13,22,29H,9-10,14H2. The van der Waals surface area contributed by atoms with E-state index in [0.717, 1.165) is 0 Å². The van der Waals surface area contributed by atoms with Crippen molar-refractivity contribution in [2.75, 3.05) is 13.2 Å². The van der Waals surface area contributed by atoms with Crippen LogP contribution in [-0.2, 0) is 16.1 Å². The molecule has 1 amide bonds. The summed E-state index contributed by atoms with van der Waals surface area (Å²) in [6.07, 6.45) is 3.14. The quantitative estimate of drug-likeness (QED) is 0.196. The van der Waals surface area contributed by atoms with Crippen molar-refractivity contribution in [3.05, 3.63) is 99.4 Å². The summed E-state index contributed by atoms with van der Waals surface area (Å²) in [6.45, 7) is 0.745. The lowest BCUT2D eigenvalue weighted by Crippen LogP contribution is -2.29. The number of aromatic nitrogens is 1. The minimum absolute atomic E-state index is 0.0176. The fourth-order valence-corrected chi connectivity index (χ4v) is 4.23. The maximum absolute atomic E-state index is 13.2. The first-order valence-corrected chi connectivity index (χ1v) is 10.8. The topological polar surface area (TPSA) is 132 Å². The predicted molar refractivity (Wildman–Crippen MR) is 123 cm³/mol. The number of benzene rings is 2. The van der Waals surface area contributed by atoms with E-state index in [1.165, 1.54) is 29.2 Å². The summed E-state index contributed by atoms with van der Waals surface area (Å²) in [4.78, 5) is 42.5. The van der Waals surface area contributed by atoms with Gasteiger partial charge in [-0.3, -0.25) is 24.7 Å². The molecule has 1 N–H and O–H groups in total. The van der Waals surface area contributed by atoms with E-state index >= 15 is 0 Å². The molecule has 0 aliphatic carbocycles. The number of aliphatic hydroxyl groups is 1. The van der Waals surface area contributed by atoms with Crippen LogP contribution in [0.15, 0.2) is 72.6 Å². The van der Waals surface area contributed by atoms with Crippen LogP contribution in [0.4, 0.5) is 5.69 Å². The molecule has 5 rings (SSSR count). The number of rotatable bonds is 5. The molecule has 0 radical (unpaired) electrons. The number of pyridine rings is 1. The monoisotopic (exact) mass is 473 g/mol. The maximum Gasteiger partial charge on any atom is 0.295 e. The van der Waals surface area contributed by atoms with Crippen LogP contribution >= 0.6 is 0 Å². The van der Waals surface area contributed by atoms with Gasteiger partial charge in [0, 0.05) is 36.6 Å². The van der Waals surface area contributed by atoms with Gasteiger partial charge in [-0.1, -0.05) is 18.2 Å². The van der Waals surface area contributed by atoms with Gasteiger partial charge in [0.1, 0.15) is 19.0 Å². The second kappa shape index (κ2) is 8.90. The van der Waals surface area contributed by atoms with E-state index in [4.69, 9.17) is 9.47 Å². The number of carbonyl (C=O) groups excluding carboxylic acids is 2. The van der Waals surface area contributed by atoms with Gasteiger partial charge in [0.2, 0.25) is 0 Å². The smallest absolute Gasteiger partial charge is 0.295 e. The third-order valence-corrected chi connectivity index (χ3v) is 5.83. The summed E-state index contributed by atoms with van der Waals surface area (Å²) < 4.78 is 11.1. The molecule has 0 spiro atoms. The van der Waals surface area contributed by atoms with Crippen molar-refractivity contribution in [3.63, 3.8) is 0 Å². The molecule has 3 heterocycles. The lowest BCUT2D eigenvalue weighted by molar-refractivity contribution is -0.384. The average Bonchev–Trinajstić information content (AvgIpc) is 3.13. The molecule has 10 nitrogen and oxygen atoms in total.